The Bertz CT molecular complexity index is 451. The average molecular weight is 256 g/mol. The summed E-state index contributed by atoms with van der Waals surface area (Å²) in [5, 5.41) is 37.5. The smallest absolute Gasteiger partial charge is 0.341 e. The van der Waals surface area contributed by atoms with E-state index in [4.69, 9.17) is 9.84 Å². The summed E-state index contributed by atoms with van der Waals surface area (Å²) >= 11 is 0. The first-order valence-electron chi connectivity index (χ1n) is 5.40. The second-order valence-corrected chi connectivity index (χ2v) is 4.12. The fraction of sp³-hybridized carbons (Fsp3) is 0.455. The quantitative estimate of drug-likeness (QED) is 0.469. The van der Waals surface area contributed by atoms with Crippen molar-refractivity contribution in [1.82, 2.24) is 0 Å². The molecular formula is C11H14NO6+. The Kier molecular flexibility index (Phi) is 3.58. The van der Waals surface area contributed by atoms with Crippen molar-refractivity contribution in [2.24, 2.45) is 0 Å². The van der Waals surface area contributed by atoms with E-state index >= 15 is 0 Å². The van der Waals surface area contributed by atoms with Crippen molar-refractivity contribution in [2.75, 3.05) is 6.61 Å². The number of carboxylic acid groups (broad SMARTS) is 1. The normalized spacial score (nSPS) is 32.2. The molecular weight excluding hydrogens is 242 g/mol. The number of carboxylic acids is 1. The van der Waals surface area contributed by atoms with Crippen LogP contribution >= 0.6 is 0 Å². The molecule has 1 saturated heterocycles. The summed E-state index contributed by atoms with van der Waals surface area (Å²) in [6, 6.07) is 2.90. The van der Waals surface area contributed by atoms with Crippen molar-refractivity contribution in [3.63, 3.8) is 0 Å². The second kappa shape index (κ2) is 4.99. The van der Waals surface area contributed by atoms with Crippen LogP contribution in [-0.2, 0) is 4.74 Å². The van der Waals surface area contributed by atoms with Crippen LogP contribution in [-0.4, -0.2) is 51.3 Å². The maximum atomic E-state index is 10.8. The minimum atomic E-state index is -1.33. The van der Waals surface area contributed by atoms with Crippen LogP contribution in [0.5, 0.6) is 0 Å². The van der Waals surface area contributed by atoms with Crippen molar-refractivity contribution in [3.8, 4) is 0 Å². The van der Waals surface area contributed by atoms with Crippen LogP contribution in [0.2, 0.25) is 0 Å². The molecule has 1 aliphatic heterocycles. The van der Waals surface area contributed by atoms with Crippen molar-refractivity contribution < 1.29 is 34.5 Å². The van der Waals surface area contributed by atoms with Gasteiger partial charge in [0.05, 0.1) is 6.61 Å². The highest BCUT2D eigenvalue weighted by atomic mass is 16.5. The Hall–Kier alpha value is -1.54. The fourth-order valence-corrected chi connectivity index (χ4v) is 1.83. The van der Waals surface area contributed by atoms with Gasteiger partial charge in [-0.3, -0.25) is 0 Å². The van der Waals surface area contributed by atoms with Gasteiger partial charge in [-0.1, -0.05) is 0 Å². The first kappa shape index (κ1) is 12.9. The molecule has 0 aromatic carbocycles. The number of ether oxygens (including phenoxy) is 1. The highest BCUT2D eigenvalue weighted by molar-refractivity contribution is 5.86. The van der Waals surface area contributed by atoms with Crippen molar-refractivity contribution in [3.05, 3.63) is 30.1 Å². The molecule has 0 aliphatic carbocycles. The fourth-order valence-electron chi connectivity index (χ4n) is 1.83. The number of hydrogen-bond acceptors (Lipinski definition) is 5. The predicted molar refractivity (Wildman–Crippen MR) is 56.6 cm³/mol. The van der Waals surface area contributed by atoms with E-state index in [1.807, 2.05) is 0 Å². The molecule has 1 aromatic heterocycles. The number of nitrogens with zero attached hydrogens (tertiary/aromatic N) is 1. The largest absolute Gasteiger partial charge is 0.477 e. The van der Waals surface area contributed by atoms with Crippen LogP contribution in [0.25, 0.3) is 0 Å². The molecule has 4 atom stereocenters. The third kappa shape index (κ3) is 2.34. The minimum Gasteiger partial charge on any atom is -0.477 e. The first-order chi connectivity index (χ1) is 8.50. The number of rotatable bonds is 2. The molecule has 0 amide bonds. The van der Waals surface area contributed by atoms with E-state index in [0.29, 0.717) is 0 Å². The monoisotopic (exact) mass is 256 g/mol. The maximum absolute atomic E-state index is 10.8. The standard InChI is InChI=1S/C11H13NO6/c13-7-5-18-10(9(15)8(7)14)12-3-1-2-6(4-12)11(16)17/h1-4,7-10,13-15H,5H2/p+1. The molecule has 2 heterocycles. The van der Waals surface area contributed by atoms with Gasteiger partial charge in [0.2, 0.25) is 0 Å². The number of aromatic carboxylic acids is 1. The Labute approximate surface area is 102 Å². The third-order valence-electron chi connectivity index (χ3n) is 2.84. The predicted octanol–water partition coefficient (Wildman–Crippen LogP) is -1.72. The van der Waals surface area contributed by atoms with E-state index in [0.717, 1.165) is 0 Å². The van der Waals surface area contributed by atoms with Gasteiger partial charge in [-0.15, -0.1) is 0 Å². The molecule has 0 bridgehead atoms. The number of aliphatic hydroxyl groups is 3. The molecule has 7 heteroatoms. The molecule has 2 rings (SSSR count). The van der Waals surface area contributed by atoms with Gasteiger partial charge in [-0.05, 0) is 6.07 Å². The van der Waals surface area contributed by atoms with Crippen LogP contribution in [0, 0.1) is 0 Å². The van der Waals surface area contributed by atoms with Crippen molar-refractivity contribution in [2.45, 2.75) is 24.5 Å². The Morgan fingerprint density at radius 2 is 2.06 bits per heavy atom. The lowest BCUT2D eigenvalue weighted by Crippen LogP contribution is -2.58. The topological polar surface area (TPSA) is 111 Å². The minimum absolute atomic E-state index is 0.0360. The highest BCUT2D eigenvalue weighted by Gasteiger charge is 2.43. The molecule has 7 nitrogen and oxygen atoms in total. The molecule has 0 saturated carbocycles. The van der Waals surface area contributed by atoms with Crippen LogP contribution in [0.3, 0.4) is 0 Å². The number of aliphatic hydroxyl groups excluding tert-OH is 3. The number of pyridine rings is 1. The SMILES string of the molecule is O=C(O)c1ccc[n+](C2OCC(O)C(O)C2O)c1. The second-order valence-electron chi connectivity index (χ2n) is 4.12. The summed E-state index contributed by atoms with van der Waals surface area (Å²) < 4.78 is 6.55. The van der Waals surface area contributed by atoms with Gasteiger partial charge in [0, 0.05) is 6.07 Å². The number of aromatic nitrogens is 1. The van der Waals surface area contributed by atoms with Crippen LogP contribution in [0.1, 0.15) is 16.6 Å². The van der Waals surface area contributed by atoms with Crippen LogP contribution in [0.15, 0.2) is 24.5 Å². The van der Waals surface area contributed by atoms with Gasteiger partial charge < -0.3 is 25.2 Å². The van der Waals surface area contributed by atoms with Gasteiger partial charge in [-0.2, -0.15) is 4.57 Å². The summed E-state index contributed by atoms with van der Waals surface area (Å²) in [6.07, 6.45) is -1.93. The van der Waals surface area contributed by atoms with E-state index in [2.05, 4.69) is 0 Å². The zero-order chi connectivity index (χ0) is 13.3. The Morgan fingerprint density at radius 3 is 2.72 bits per heavy atom. The Balaban J connectivity index is 2.26. The summed E-state index contributed by atoms with van der Waals surface area (Å²) in [6.45, 7) is -0.132. The van der Waals surface area contributed by atoms with Crippen molar-refractivity contribution in [1.29, 1.82) is 0 Å². The van der Waals surface area contributed by atoms with Gasteiger partial charge in [-0.25, -0.2) is 4.79 Å². The van der Waals surface area contributed by atoms with Gasteiger partial charge in [0.1, 0.15) is 17.8 Å². The van der Waals surface area contributed by atoms with Crippen LogP contribution < -0.4 is 4.57 Å². The van der Waals surface area contributed by atoms with Gasteiger partial charge in [0.25, 0.3) is 6.23 Å². The maximum Gasteiger partial charge on any atom is 0.341 e. The Morgan fingerprint density at radius 1 is 1.33 bits per heavy atom. The summed E-state index contributed by atoms with van der Waals surface area (Å²) in [7, 11) is 0. The van der Waals surface area contributed by atoms with Gasteiger partial charge in [0.15, 0.2) is 18.5 Å². The zero-order valence-corrected chi connectivity index (χ0v) is 9.38. The molecule has 0 radical (unpaired) electrons. The summed E-state index contributed by atoms with van der Waals surface area (Å²) in [5.41, 5.74) is 0.0360. The molecule has 98 valence electrons. The molecule has 0 spiro atoms. The van der Waals surface area contributed by atoms with Crippen LogP contribution in [0.4, 0.5) is 0 Å². The van der Waals surface area contributed by atoms with E-state index in [-0.39, 0.29) is 12.2 Å². The van der Waals surface area contributed by atoms with E-state index in [9.17, 15) is 20.1 Å². The molecule has 4 N–H and O–H groups in total. The van der Waals surface area contributed by atoms with Gasteiger partial charge >= 0.3 is 5.97 Å². The first-order valence-corrected chi connectivity index (χ1v) is 5.40. The lowest BCUT2D eigenvalue weighted by molar-refractivity contribution is -0.775. The highest BCUT2D eigenvalue weighted by Crippen LogP contribution is 2.19. The molecule has 18 heavy (non-hydrogen) atoms. The molecule has 1 aromatic rings. The summed E-state index contributed by atoms with van der Waals surface area (Å²) in [4.78, 5) is 10.8. The number of hydrogen-bond donors (Lipinski definition) is 4. The zero-order valence-electron chi connectivity index (χ0n) is 9.38. The lowest BCUT2D eigenvalue weighted by Gasteiger charge is -2.31. The van der Waals surface area contributed by atoms with Crippen molar-refractivity contribution >= 4 is 5.97 Å². The third-order valence-corrected chi connectivity index (χ3v) is 2.84. The van der Waals surface area contributed by atoms with E-state index < -0.39 is 30.5 Å². The summed E-state index contributed by atoms with van der Waals surface area (Å²) in [5.74, 6) is -1.10. The molecule has 4 unspecified atom stereocenters. The number of carbonyl (C=O) groups is 1. The molecule has 1 aliphatic rings. The van der Waals surface area contributed by atoms with E-state index in [1.165, 1.54) is 29.1 Å². The molecule has 1 fully saturated rings. The average Bonchev–Trinajstić information content (AvgIpc) is 2.36. The van der Waals surface area contributed by atoms with E-state index in [1.54, 1.807) is 0 Å². The lowest BCUT2D eigenvalue weighted by atomic mass is 10.0.